The fourth-order valence-electron chi connectivity index (χ4n) is 1.80. The first kappa shape index (κ1) is 13.9. The number of benzene rings is 1. The minimum atomic E-state index is -0.0762. The molecule has 0 unspecified atom stereocenters. The average Bonchev–Trinajstić information content (AvgIpc) is 2.98. The first-order chi connectivity index (χ1) is 9.72. The number of methoxy groups -OCH3 is 2. The zero-order valence-electron chi connectivity index (χ0n) is 11.5. The van der Waals surface area contributed by atoms with Crippen molar-refractivity contribution >= 4 is 5.91 Å². The average molecular weight is 275 g/mol. The van der Waals surface area contributed by atoms with Gasteiger partial charge >= 0.3 is 0 Å². The van der Waals surface area contributed by atoms with Crippen LogP contribution >= 0.6 is 0 Å². The van der Waals surface area contributed by atoms with Crippen LogP contribution in [-0.4, -0.2) is 29.9 Å². The molecule has 1 amide bonds. The molecule has 0 atom stereocenters. The van der Waals surface area contributed by atoms with E-state index >= 15 is 0 Å². The first-order valence-electron chi connectivity index (χ1n) is 6.18. The van der Waals surface area contributed by atoms with E-state index in [9.17, 15) is 4.79 Å². The lowest BCUT2D eigenvalue weighted by atomic mass is 10.1. The van der Waals surface area contributed by atoms with Crippen LogP contribution in [0.5, 0.6) is 11.5 Å². The molecule has 106 valence electrons. The second-order valence-electron chi connectivity index (χ2n) is 4.17. The van der Waals surface area contributed by atoms with E-state index in [4.69, 9.17) is 9.47 Å². The van der Waals surface area contributed by atoms with Gasteiger partial charge in [0.2, 0.25) is 5.91 Å². The normalized spacial score (nSPS) is 10.1. The lowest BCUT2D eigenvalue weighted by Gasteiger charge is -2.10. The number of amides is 1. The number of hydrogen-bond donors (Lipinski definition) is 1. The highest BCUT2D eigenvalue weighted by Crippen LogP contribution is 2.27. The van der Waals surface area contributed by atoms with Gasteiger partial charge in [0.05, 0.1) is 20.6 Å². The molecule has 6 nitrogen and oxygen atoms in total. The summed E-state index contributed by atoms with van der Waals surface area (Å²) in [5.74, 6) is 1.19. The molecule has 0 fully saturated rings. The summed E-state index contributed by atoms with van der Waals surface area (Å²) in [6, 6.07) is 7.23. The van der Waals surface area contributed by atoms with E-state index in [0.29, 0.717) is 18.2 Å². The van der Waals surface area contributed by atoms with E-state index in [1.54, 1.807) is 49.5 Å². The second-order valence-corrected chi connectivity index (χ2v) is 4.17. The van der Waals surface area contributed by atoms with Crippen LogP contribution in [0.25, 0.3) is 0 Å². The van der Waals surface area contributed by atoms with E-state index in [1.807, 2.05) is 6.07 Å². The van der Waals surface area contributed by atoms with Gasteiger partial charge in [-0.15, -0.1) is 0 Å². The van der Waals surface area contributed by atoms with E-state index in [1.165, 1.54) is 0 Å². The number of nitrogens with one attached hydrogen (secondary N) is 1. The quantitative estimate of drug-likeness (QED) is 0.860. The van der Waals surface area contributed by atoms with Crippen molar-refractivity contribution in [3.63, 3.8) is 0 Å². The minimum Gasteiger partial charge on any atom is -0.493 e. The number of aromatic nitrogens is 2. The molecule has 0 aliphatic carbocycles. The summed E-state index contributed by atoms with van der Waals surface area (Å²) in [7, 11) is 3.15. The highest BCUT2D eigenvalue weighted by Gasteiger charge is 2.08. The van der Waals surface area contributed by atoms with Gasteiger partial charge in [-0.25, -0.2) is 0 Å². The third kappa shape index (κ3) is 3.50. The molecule has 20 heavy (non-hydrogen) atoms. The fraction of sp³-hybridized carbons (Fsp3) is 0.286. The Kier molecular flexibility index (Phi) is 4.60. The van der Waals surface area contributed by atoms with Crippen molar-refractivity contribution < 1.29 is 14.3 Å². The van der Waals surface area contributed by atoms with Gasteiger partial charge in [0, 0.05) is 12.4 Å². The first-order valence-corrected chi connectivity index (χ1v) is 6.18. The predicted molar refractivity (Wildman–Crippen MR) is 73.6 cm³/mol. The Bertz CT molecular complexity index is 567. The minimum absolute atomic E-state index is 0.0762. The van der Waals surface area contributed by atoms with Crippen molar-refractivity contribution in [1.82, 2.24) is 15.1 Å². The Balaban J connectivity index is 1.93. The van der Waals surface area contributed by atoms with Crippen molar-refractivity contribution in [3.05, 3.63) is 42.2 Å². The molecule has 0 bridgehead atoms. The van der Waals surface area contributed by atoms with Gasteiger partial charge in [0.15, 0.2) is 11.5 Å². The van der Waals surface area contributed by atoms with Crippen LogP contribution in [0.2, 0.25) is 0 Å². The maximum atomic E-state index is 11.8. The summed E-state index contributed by atoms with van der Waals surface area (Å²) in [4.78, 5) is 11.8. The SMILES string of the molecule is COc1ccc(CC(=O)NCn2cccn2)cc1OC. The second kappa shape index (κ2) is 6.60. The van der Waals surface area contributed by atoms with Crippen molar-refractivity contribution in [1.29, 1.82) is 0 Å². The van der Waals surface area contributed by atoms with Gasteiger partial charge in [0.1, 0.15) is 6.67 Å². The highest BCUT2D eigenvalue weighted by atomic mass is 16.5. The summed E-state index contributed by atoms with van der Waals surface area (Å²) in [6.45, 7) is 0.360. The third-order valence-electron chi connectivity index (χ3n) is 2.81. The number of hydrogen-bond acceptors (Lipinski definition) is 4. The molecule has 1 heterocycles. The van der Waals surface area contributed by atoms with E-state index < -0.39 is 0 Å². The Morgan fingerprint density at radius 3 is 2.75 bits per heavy atom. The van der Waals surface area contributed by atoms with Crippen LogP contribution < -0.4 is 14.8 Å². The molecule has 0 saturated heterocycles. The zero-order valence-corrected chi connectivity index (χ0v) is 11.5. The molecule has 2 rings (SSSR count). The standard InChI is InChI=1S/C14H17N3O3/c1-19-12-5-4-11(8-13(12)20-2)9-14(18)15-10-17-7-3-6-16-17/h3-8H,9-10H2,1-2H3,(H,15,18). The molecular formula is C14H17N3O3. The molecule has 1 N–H and O–H groups in total. The molecule has 2 aromatic rings. The Morgan fingerprint density at radius 1 is 1.30 bits per heavy atom. The van der Waals surface area contributed by atoms with Gasteiger partial charge in [-0.1, -0.05) is 6.07 Å². The van der Waals surface area contributed by atoms with Gasteiger partial charge in [-0.2, -0.15) is 5.10 Å². The molecule has 0 aliphatic heterocycles. The maximum absolute atomic E-state index is 11.8. The molecule has 0 aliphatic rings. The largest absolute Gasteiger partial charge is 0.493 e. The van der Waals surface area contributed by atoms with E-state index in [0.717, 1.165) is 5.56 Å². The van der Waals surface area contributed by atoms with Crippen LogP contribution in [0.15, 0.2) is 36.7 Å². The highest BCUT2D eigenvalue weighted by molar-refractivity contribution is 5.78. The van der Waals surface area contributed by atoms with Gasteiger partial charge in [-0.05, 0) is 23.8 Å². The number of carbonyl (C=O) groups is 1. The number of carbonyl (C=O) groups excluding carboxylic acids is 1. The Morgan fingerprint density at radius 2 is 2.10 bits per heavy atom. The Labute approximate surface area is 117 Å². The van der Waals surface area contributed by atoms with Crippen LogP contribution in [0.4, 0.5) is 0 Å². The van der Waals surface area contributed by atoms with E-state index in [-0.39, 0.29) is 12.3 Å². The monoisotopic (exact) mass is 275 g/mol. The summed E-state index contributed by atoms with van der Waals surface area (Å²) < 4.78 is 12.0. The van der Waals surface area contributed by atoms with Gasteiger partial charge in [-0.3, -0.25) is 9.48 Å². The predicted octanol–water partition coefficient (Wildman–Crippen LogP) is 1.22. The molecule has 1 aromatic heterocycles. The van der Waals surface area contributed by atoms with Gasteiger partial charge < -0.3 is 14.8 Å². The van der Waals surface area contributed by atoms with E-state index in [2.05, 4.69) is 10.4 Å². The van der Waals surface area contributed by atoms with Crippen molar-refractivity contribution in [2.75, 3.05) is 14.2 Å². The van der Waals surface area contributed by atoms with Crippen LogP contribution in [0, 0.1) is 0 Å². The summed E-state index contributed by atoms with van der Waals surface area (Å²) in [6.07, 6.45) is 3.73. The zero-order chi connectivity index (χ0) is 14.4. The Hall–Kier alpha value is -2.50. The molecule has 0 radical (unpaired) electrons. The lowest BCUT2D eigenvalue weighted by Crippen LogP contribution is -2.27. The summed E-state index contributed by atoms with van der Waals surface area (Å²) in [5, 5.41) is 6.80. The fourth-order valence-corrected chi connectivity index (χ4v) is 1.80. The van der Waals surface area contributed by atoms with Crippen LogP contribution in [0.1, 0.15) is 5.56 Å². The molecule has 0 spiro atoms. The number of rotatable bonds is 6. The van der Waals surface area contributed by atoms with Crippen molar-refractivity contribution in [2.24, 2.45) is 0 Å². The topological polar surface area (TPSA) is 65.4 Å². The number of ether oxygens (including phenoxy) is 2. The van der Waals surface area contributed by atoms with Crippen LogP contribution in [-0.2, 0) is 17.9 Å². The lowest BCUT2D eigenvalue weighted by molar-refractivity contribution is -0.121. The third-order valence-corrected chi connectivity index (χ3v) is 2.81. The maximum Gasteiger partial charge on any atom is 0.225 e. The van der Waals surface area contributed by atoms with Crippen molar-refractivity contribution in [3.8, 4) is 11.5 Å². The summed E-state index contributed by atoms with van der Waals surface area (Å²) in [5.41, 5.74) is 0.862. The molecule has 1 aromatic carbocycles. The molecular weight excluding hydrogens is 258 g/mol. The van der Waals surface area contributed by atoms with Crippen molar-refractivity contribution in [2.45, 2.75) is 13.1 Å². The summed E-state index contributed by atoms with van der Waals surface area (Å²) >= 11 is 0. The van der Waals surface area contributed by atoms with Gasteiger partial charge in [0.25, 0.3) is 0 Å². The molecule has 6 heteroatoms. The number of nitrogens with zero attached hydrogens (tertiary/aromatic N) is 2. The van der Waals surface area contributed by atoms with Crippen LogP contribution in [0.3, 0.4) is 0 Å². The molecule has 0 saturated carbocycles. The smallest absolute Gasteiger partial charge is 0.225 e.